The van der Waals surface area contributed by atoms with E-state index < -0.39 is 0 Å². The first-order valence-electron chi connectivity index (χ1n) is 7.52. The van der Waals surface area contributed by atoms with Gasteiger partial charge >= 0.3 is 0 Å². The number of benzene rings is 1. The van der Waals surface area contributed by atoms with E-state index in [1.807, 2.05) is 0 Å². The zero-order valence-electron chi connectivity index (χ0n) is 12.9. The summed E-state index contributed by atoms with van der Waals surface area (Å²) < 4.78 is 0. The molecule has 1 fully saturated rings. The van der Waals surface area contributed by atoms with Gasteiger partial charge in [-0.3, -0.25) is 4.90 Å². The number of rotatable bonds is 3. The van der Waals surface area contributed by atoms with Crippen molar-refractivity contribution < 1.29 is 0 Å². The standard InChI is InChI=1S/C16H22N6/c1-12-2-4-14(5-3-12)22-8-6-21(7-9-22)11-13-10-19-16(18)20-15(13)17/h2-5,10H,6-9,11H2,1H3,(H4,17,18,19,20). The highest BCUT2D eigenvalue weighted by Gasteiger charge is 2.18. The number of piperazine rings is 1. The average Bonchev–Trinajstić information content (AvgIpc) is 2.52. The van der Waals surface area contributed by atoms with Gasteiger partial charge in [0.25, 0.3) is 0 Å². The Balaban J connectivity index is 1.58. The molecule has 0 aliphatic carbocycles. The second-order valence-electron chi connectivity index (χ2n) is 5.74. The van der Waals surface area contributed by atoms with Gasteiger partial charge in [0.1, 0.15) is 5.82 Å². The molecule has 3 rings (SSSR count). The number of nitrogens with zero attached hydrogens (tertiary/aromatic N) is 4. The third-order valence-corrected chi connectivity index (χ3v) is 4.08. The Labute approximate surface area is 130 Å². The lowest BCUT2D eigenvalue weighted by atomic mass is 10.2. The number of nitrogen functional groups attached to an aromatic ring is 2. The van der Waals surface area contributed by atoms with Gasteiger partial charge in [0, 0.05) is 50.2 Å². The molecule has 0 spiro atoms. The lowest BCUT2D eigenvalue weighted by Gasteiger charge is -2.36. The van der Waals surface area contributed by atoms with Crippen molar-refractivity contribution in [2.75, 3.05) is 42.5 Å². The lowest BCUT2D eigenvalue weighted by molar-refractivity contribution is 0.250. The van der Waals surface area contributed by atoms with Gasteiger partial charge in [-0.25, -0.2) is 4.98 Å². The maximum Gasteiger partial charge on any atom is 0.221 e. The van der Waals surface area contributed by atoms with Gasteiger partial charge in [-0.05, 0) is 19.1 Å². The maximum absolute atomic E-state index is 5.90. The van der Waals surface area contributed by atoms with Crippen molar-refractivity contribution in [1.82, 2.24) is 14.9 Å². The fraction of sp³-hybridized carbons (Fsp3) is 0.375. The van der Waals surface area contributed by atoms with Crippen molar-refractivity contribution >= 4 is 17.5 Å². The van der Waals surface area contributed by atoms with Gasteiger partial charge in [0.2, 0.25) is 5.95 Å². The molecule has 1 aliphatic rings. The first-order valence-corrected chi connectivity index (χ1v) is 7.52. The van der Waals surface area contributed by atoms with E-state index >= 15 is 0 Å². The zero-order valence-corrected chi connectivity index (χ0v) is 12.9. The second kappa shape index (κ2) is 6.19. The molecule has 1 aromatic heterocycles. The molecule has 6 nitrogen and oxygen atoms in total. The Bertz CT molecular complexity index is 632. The van der Waals surface area contributed by atoms with Crippen LogP contribution in [0, 0.1) is 6.92 Å². The van der Waals surface area contributed by atoms with Crippen LogP contribution in [-0.2, 0) is 6.54 Å². The van der Waals surface area contributed by atoms with E-state index in [1.165, 1.54) is 11.3 Å². The highest BCUT2D eigenvalue weighted by atomic mass is 15.3. The number of anilines is 3. The van der Waals surface area contributed by atoms with E-state index in [-0.39, 0.29) is 5.95 Å². The fourth-order valence-electron chi connectivity index (χ4n) is 2.72. The van der Waals surface area contributed by atoms with Crippen LogP contribution in [0.4, 0.5) is 17.5 Å². The predicted molar refractivity (Wildman–Crippen MR) is 89.5 cm³/mol. The summed E-state index contributed by atoms with van der Waals surface area (Å²) in [5, 5.41) is 0. The van der Waals surface area contributed by atoms with Crippen LogP contribution in [-0.4, -0.2) is 41.0 Å². The molecule has 0 amide bonds. The Morgan fingerprint density at radius 3 is 2.36 bits per heavy atom. The molecule has 22 heavy (non-hydrogen) atoms. The van der Waals surface area contributed by atoms with Gasteiger partial charge in [0.15, 0.2) is 0 Å². The summed E-state index contributed by atoms with van der Waals surface area (Å²) in [5.74, 6) is 0.707. The van der Waals surface area contributed by atoms with Crippen molar-refractivity contribution in [3.05, 3.63) is 41.6 Å². The lowest BCUT2D eigenvalue weighted by Crippen LogP contribution is -2.46. The molecule has 2 heterocycles. The van der Waals surface area contributed by atoms with E-state index in [9.17, 15) is 0 Å². The molecule has 0 radical (unpaired) electrons. The summed E-state index contributed by atoms with van der Waals surface area (Å²) in [4.78, 5) is 12.8. The van der Waals surface area contributed by atoms with Crippen molar-refractivity contribution in [3.63, 3.8) is 0 Å². The normalized spacial score (nSPS) is 16.0. The summed E-state index contributed by atoms with van der Waals surface area (Å²) in [6.45, 7) is 6.90. The molecule has 0 saturated carbocycles. The fourth-order valence-corrected chi connectivity index (χ4v) is 2.72. The second-order valence-corrected chi connectivity index (χ2v) is 5.74. The Morgan fingerprint density at radius 1 is 1.05 bits per heavy atom. The van der Waals surface area contributed by atoms with Crippen molar-refractivity contribution in [3.8, 4) is 0 Å². The molecule has 1 aliphatic heterocycles. The molecule has 0 bridgehead atoms. The summed E-state index contributed by atoms with van der Waals surface area (Å²) in [6.07, 6.45) is 1.73. The van der Waals surface area contributed by atoms with Gasteiger partial charge in [-0.15, -0.1) is 0 Å². The van der Waals surface area contributed by atoms with Crippen molar-refractivity contribution in [2.45, 2.75) is 13.5 Å². The monoisotopic (exact) mass is 298 g/mol. The van der Waals surface area contributed by atoms with Crippen LogP contribution in [0.1, 0.15) is 11.1 Å². The maximum atomic E-state index is 5.90. The number of aryl methyl sites for hydroxylation is 1. The molecule has 0 unspecified atom stereocenters. The van der Waals surface area contributed by atoms with Crippen LogP contribution < -0.4 is 16.4 Å². The van der Waals surface area contributed by atoms with Crippen LogP contribution in [0.25, 0.3) is 0 Å². The Morgan fingerprint density at radius 2 is 1.73 bits per heavy atom. The zero-order chi connectivity index (χ0) is 15.5. The minimum Gasteiger partial charge on any atom is -0.383 e. The van der Waals surface area contributed by atoms with E-state index in [1.54, 1.807) is 6.20 Å². The molecule has 1 aromatic carbocycles. The minimum atomic E-state index is 0.227. The van der Waals surface area contributed by atoms with Gasteiger partial charge in [0.05, 0.1) is 0 Å². The van der Waals surface area contributed by atoms with Crippen LogP contribution in [0.5, 0.6) is 0 Å². The highest BCUT2D eigenvalue weighted by Crippen LogP contribution is 2.19. The van der Waals surface area contributed by atoms with Crippen LogP contribution in [0.15, 0.2) is 30.5 Å². The SMILES string of the molecule is Cc1ccc(N2CCN(Cc3cnc(N)nc3N)CC2)cc1. The van der Waals surface area contributed by atoms with Gasteiger partial charge in [-0.2, -0.15) is 4.98 Å². The largest absolute Gasteiger partial charge is 0.383 e. The number of nitrogens with two attached hydrogens (primary N) is 2. The first kappa shape index (κ1) is 14.6. The number of hydrogen-bond acceptors (Lipinski definition) is 6. The van der Waals surface area contributed by atoms with Crippen LogP contribution in [0.3, 0.4) is 0 Å². The van der Waals surface area contributed by atoms with E-state index in [0.717, 1.165) is 38.3 Å². The van der Waals surface area contributed by atoms with Gasteiger partial charge in [-0.1, -0.05) is 17.7 Å². The highest BCUT2D eigenvalue weighted by molar-refractivity contribution is 5.48. The average molecular weight is 298 g/mol. The van der Waals surface area contributed by atoms with Crippen molar-refractivity contribution in [1.29, 1.82) is 0 Å². The summed E-state index contributed by atoms with van der Waals surface area (Å²) in [7, 11) is 0. The Kier molecular flexibility index (Phi) is 4.11. The van der Waals surface area contributed by atoms with Crippen LogP contribution >= 0.6 is 0 Å². The molecular formula is C16H22N6. The molecule has 1 saturated heterocycles. The number of aromatic nitrogens is 2. The molecule has 0 atom stereocenters. The van der Waals surface area contributed by atoms with Crippen molar-refractivity contribution in [2.24, 2.45) is 0 Å². The Hall–Kier alpha value is -2.34. The third-order valence-electron chi connectivity index (χ3n) is 4.08. The summed E-state index contributed by atoms with van der Waals surface area (Å²) in [6, 6.07) is 8.70. The van der Waals surface area contributed by atoms with E-state index in [0.29, 0.717) is 5.82 Å². The smallest absolute Gasteiger partial charge is 0.221 e. The quantitative estimate of drug-likeness (QED) is 0.888. The summed E-state index contributed by atoms with van der Waals surface area (Å²) >= 11 is 0. The molecular weight excluding hydrogens is 276 g/mol. The number of hydrogen-bond donors (Lipinski definition) is 2. The van der Waals surface area contributed by atoms with Gasteiger partial charge < -0.3 is 16.4 Å². The molecule has 2 aromatic rings. The van der Waals surface area contributed by atoms with Crippen LogP contribution in [0.2, 0.25) is 0 Å². The molecule has 4 N–H and O–H groups in total. The predicted octanol–water partition coefficient (Wildman–Crippen LogP) is 1.27. The summed E-state index contributed by atoms with van der Waals surface area (Å²) in [5.41, 5.74) is 15.0. The third kappa shape index (κ3) is 3.28. The molecule has 116 valence electrons. The first-order chi connectivity index (χ1) is 10.6. The molecule has 6 heteroatoms. The van der Waals surface area contributed by atoms with E-state index in [4.69, 9.17) is 11.5 Å². The topological polar surface area (TPSA) is 84.3 Å². The van der Waals surface area contributed by atoms with E-state index in [2.05, 4.69) is 51.0 Å². The minimum absolute atomic E-state index is 0.227.